The third kappa shape index (κ3) is 5.95. The Balaban J connectivity index is 0.00000110. The van der Waals surface area contributed by atoms with Gasteiger partial charge in [0, 0.05) is 41.4 Å². The van der Waals surface area contributed by atoms with Gasteiger partial charge in [0.05, 0.1) is 0 Å². The van der Waals surface area contributed by atoms with Crippen LogP contribution in [0.3, 0.4) is 0 Å². The lowest BCUT2D eigenvalue weighted by atomic mass is 9.75. The number of hydrogen-bond donors (Lipinski definition) is 3. The predicted molar refractivity (Wildman–Crippen MR) is 81.1 cm³/mol. The molecule has 0 aromatic carbocycles. The van der Waals surface area contributed by atoms with E-state index in [0.29, 0.717) is 44.0 Å². The second kappa shape index (κ2) is 10.7. The van der Waals surface area contributed by atoms with Crippen LogP contribution in [0.5, 0.6) is 0 Å². The van der Waals surface area contributed by atoms with Crippen LogP contribution < -0.4 is 0 Å². The van der Waals surface area contributed by atoms with E-state index in [2.05, 4.69) is 0 Å². The monoisotopic (exact) mass is 392 g/mol. The molecule has 1 rings (SSSR count). The van der Waals surface area contributed by atoms with Gasteiger partial charge in [0.1, 0.15) is 44.0 Å². The van der Waals surface area contributed by atoms with Crippen molar-refractivity contribution in [3.63, 3.8) is 0 Å². The van der Waals surface area contributed by atoms with E-state index >= 15 is 0 Å². The maximum atomic E-state index is 11.2. The van der Waals surface area contributed by atoms with Crippen LogP contribution in [0.4, 0.5) is 0 Å². The standard InChI is InChI=1S/C14H14O7.H3O4P/c15-1-8-9(2-16)11(4-18)13(6-20)14(7-21)12(5-19)10(8)3-17;1-5(2,3)4/h1-14H;(H3,1,2,3,4). The maximum absolute atomic E-state index is 11.2. The largest absolute Gasteiger partial charge is 0.466 e. The van der Waals surface area contributed by atoms with Gasteiger partial charge in [-0.3, -0.25) is 0 Å². The van der Waals surface area contributed by atoms with Gasteiger partial charge in [-0.15, -0.1) is 0 Å². The summed E-state index contributed by atoms with van der Waals surface area (Å²) in [6.45, 7) is 0. The van der Waals surface area contributed by atoms with Crippen LogP contribution in [0.25, 0.3) is 0 Å². The molecule has 0 spiro atoms. The highest BCUT2D eigenvalue weighted by molar-refractivity contribution is 7.45. The minimum atomic E-state index is -4.64. The van der Waals surface area contributed by atoms with Gasteiger partial charge in [-0.05, 0) is 0 Å². The van der Waals surface area contributed by atoms with Crippen LogP contribution in [-0.2, 0) is 38.1 Å². The van der Waals surface area contributed by atoms with E-state index in [1.54, 1.807) is 0 Å². The van der Waals surface area contributed by atoms with Crippen LogP contribution in [0.15, 0.2) is 0 Å². The second-order valence-electron chi connectivity index (χ2n) is 5.51. The van der Waals surface area contributed by atoms with E-state index < -0.39 is 49.2 Å². The van der Waals surface area contributed by atoms with Crippen molar-refractivity contribution >= 4 is 51.8 Å². The molecule has 11 nitrogen and oxygen atoms in total. The van der Waals surface area contributed by atoms with Crippen LogP contribution in [-0.4, -0.2) is 58.7 Å². The summed E-state index contributed by atoms with van der Waals surface area (Å²) in [5.41, 5.74) is 0. The predicted octanol–water partition coefficient (Wildman–Crippen LogP) is -2.22. The Morgan fingerprint density at radius 2 is 0.500 bits per heavy atom. The van der Waals surface area contributed by atoms with Gasteiger partial charge in [-0.1, -0.05) is 0 Å². The highest BCUT2D eigenvalue weighted by Crippen LogP contribution is 2.41. The summed E-state index contributed by atoms with van der Waals surface area (Å²) < 4.78 is 8.88. The molecule has 0 heterocycles. The number of carbonyl (C=O) groups is 7. The summed E-state index contributed by atoms with van der Waals surface area (Å²) in [4.78, 5) is 100. The second-order valence-corrected chi connectivity index (χ2v) is 6.53. The first-order chi connectivity index (χ1) is 12.1. The minimum absolute atomic E-state index is 0.320. The van der Waals surface area contributed by atoms with Crippen molar-refractivity contribution in [2.24, 2.45) is 41.4 Å². The van der Waals surface area contributed by atoms with E-state index in [-0.39, 0.29) is 0 Å². The first-order valence-corrected chi connectivity index (χ1v) is 8.66. The molecule has 0 aromatic rings. The SMILES string of the molecule is O=CC1C(C=O)C(C=O)C(C=O)C(C=O)C(C=O)C1C=O.O=P(O)(O)O. The molecular weight excluding hydrogens is 375 g/mol. The summed E-state index contributed by atoms with van der Waals surface area (Å²) >= 11 is 0. The maximum Gasteiger partial charge on any atom is 0.466 e. The molecule has 0 amide bonds. The van der Waals surface area contributed by atoms with E-state index in [1.165, 1.54) is 0 Å². The van der Waals surface area contributed by atoms with E-state index in [4.69, 9.17) is 19.2 Å². The normalized spacial score (nSPS) is 34.0. The highest BCUT2D eigenvalue weighted by Gasteiger charge is 2.50. The Labute approximate surface area is 147 Å². The zero-order chi connectivity index (χ0) is 20.5. The first kappa shape index (κ1) is 23.8. The fraction of sp³-hybridized carbons (Fsp3) is 0.500. The van der Waals surface area contributed by atoms with Crippen molar-refractivity contribution in [3.8, 4) is 0 Å². The molecule has 0 atom stereocenters. The van der Waals surface area contributed by atoms with Crippen LogP contribution in [0.2, 0.25) is 0 Å². The molecule has 0 bridgehead atoms. The summed E-state index contributed by atoms with van der Waals surface area (Å²) in [7, 11) is -4.64. The fourth-order valence-electron chi connectivity index (χ4n) is 3.07. The number of rotatable bonds is 7. The van der Waals surface area contributed by atoms with Crippen molar-refractivity contribution in [1.29, 1.82) is 0 Å². The zero-order valence-corrected chi connectivity index (χ0v) is 14.0. The lowest BCUT2D eigenvalue weighted by Gasteiger charge is -2.24. The molecule has 26 heavy (non-hydrogen) atoms. The number of carbonyl (C=O) groups excluding carboxylic acids is 7. The van der Waals surface area contributed by atoms with Crippen molar-refractivity contribution in [3.05, 3.63) is 0 Å². The molecule has 12 heteroatoms. The Bertz CT molecular complexity index is 458. The molecule has 1 aliphatic carbocycles. The lowest BCUT2D eigenvalue weighted by molar-refractivity contribution is -0.131. The van der Waals surface area contributed by atoms with Gasteiger partial charge in [0.2, 0.25) is 0 Å². The molecule has 1 fully saturated rings. The van der Waals surface area contributed by atoms with Crippen molar-refractivity contribution in [2.75, 3.05) is 0 Å². The minimum Gasteiger partial charge on any atom is -0.303 e. The van der Waals surface area contributed by atoms with Crippen molar-refractivity contribution in [2.45, 2.75) is 0 Å². The molecule has 0 radical (unpaired) electrons. The van der Waals surface area contributed by atoms with E-state index in [0.717, 1.165) is 0 Å². The Kier molecular flexibility index (Phi) is 9.81. The molecule has 0 aliphatic heterocycles. The topological polar surface area (TPSA) is 197 Å². The first-order valence-electron chi connectivity index (χ1n) is 7.10. The molecule has 1 saturated carbocycles. The lowest BCUT2D eigenvalue weighted by Crippen LogP contribution is -2.34. The van der Waals surface area contributed by atoms with Crippen LogP contribution >= 0.6 is 7.82 Å². The van der Waals surface area contributed by atoms with Gasteiger partial charge < -0.3 is 48.2 Å². The number of hydrogen-bond acceptors (Lipinski definition) is 8. The molecular formula is C14H17O11P. The molecule has 3 N–H and O–H groups in total. The summed E-state index contributed by atoms with van der Waals surface area (Å²) in [5, 5.41) is 0. The van der Waals surface area contributed by atoms with Gasteiger partial charge in [-0.2, -0.15) is 0 Å². The highest BCUT2D eigenvalue weighted by atomic mass is 31.2. The molecule has 1 aliphatic rings. The Morgan fingerprint density at radius 3 is 0.538 bits per heavy atom. The summed E-state index contributed by atoms with van der Waals surface area (Å²) in [6, 6.07) is 0. The van der Waals surface area contributed by atoms with Gasteiger partial charge in [-0.25, -0.2) is 4.57 Å². The third-order valence-electron chi connectivity index (χ3n) is 4.21. The summed E-state index contributed by atoms with van der Waals surface area (Å²) in [5.74, 6) is -8.57. The fourth-order valence-corrected chi connectivity index (χ4v) is 3.07. The van der Waals surface area contributed by atoms with Crippen molar-refractivity contribution < 1.29 is 52.8 Å². The quantitative estimate of drug-likeness (QED) is 0.241. The van der Waals surface area contributed by atoms with Crippen LogP contribution in [0, 0.1) is 41.4 Å². The van der Waals surface area contributed by atoms with Crippen LogP contribution in [0.1, 0.15) is 0 Å². The van der Waals surface area contributed by atoms with Gasteiger partial charge in [0.15, 0.2) is 0 Å². The average molecular weight is 392 g/mol. The van der Waals surface area contributed by atoms with Gasteiger partial charge in [0.25, 0.3) is 0 Å². The summed E-state index contributed by atoms with van der Waals surface area (Å²) in [6.07, 6.45) is 2.24. The third-order valence-corrected chi connectivity index (χ3v) is 4.21. The van der Waals surface area contributed by atoms with Gasteiger partial charge >= 0.3 is 7.82 Å². The Hall–Kier alpha value is -2.20. The smallest absolute Gasteiger partial charge is 0.303 e. The molecule has 144 valence electrons. The Morgan fingerprint density at radius 1 is 0.423 bits per heavy atom. The van der Waals surface area contributed by atoms with E-state index in [1.807, 2.05) is 0 Å². The van der Waals surface area contributed by atoms with Crippen molar-refractivity contribution in [1.82, 2.24) is 0 Å². The van der Waals surface area contributed by atoms with E-state index in [9.17, 15) is 33.6 Å². The number of phosphoric acid groups is 1. The molecule has 0 unspecified atom stereocenters. The number of aldehydes is 7. The zero-order valence-electron chi connectivity index (χ0n) is 13.1. The molecule has 0 saturated heterocycles. The molecule has 0 aromatic heterocycles. The average Bonchev–Trinajstić information content (AvgIpc) is 2.69.